The fraction of sp³-hybridized carbons (Fsp3) is 0.948. The van der Waals surface area contributed by atoms with Gasteiger partial charge in [-0.15, -0.1) is 0 Å². The van der Waals surface area contributed by atoms with Gasteiger partial charge in [0.1, 0.15) is 73.2 Å². The first-order valence-corrected chi connectivity index (χ1v) is 30.4. The Morgan fingerprint density at radius 3 is 1.31 bits per heavy atom. The fourth-order valence-corrected chi connectivity index (χ4v) is 10.6. The summed E-state index contributed by atoms with van der Waals surface area (Å²) in [5.74, 6) is -0.253. The first kappa shape index (κ1) is 69.8. The quantitative estimate of drug-likeness (QED) is 0.0269. The molecule has 12 N–H and O–H groups in total. The van der Waals surface area contributed by atoms with E-state index in [0.29, 0.717) is 12.8 Å². The molecule has 0 saturated carbocycles. The van der Waals surface area contributed by atoms with E-state index in [1.54, 1.807) is 0 Å². The summed E-state index contributed by atoms with van der Waals surface area (Å²) in [4.78, 5) is 13.3. The molecule has 19 nitrogen and oxygen atoms in total. The third kappa shape index (κ3) is 26.5. The van der Waals surface area contributed by atoms with Gasteiger partial charge in [0.05, 0.1) is 38.6 Å². The lowest BCUT2D eigenvalue weighted by Gasteiger charge is -2.48. The van der Waals surface area contributed by atoms with Crippen LogP contribution in [0, 0.1) is 0 Å². The van der Waals surface area contributed by atoms with E-state index in [-0.39, 0.29) is 18.9 Å². The Hall–Kier alpha value is -1.47. The number of rotatable bonds is 45. The molecule has 454 valence electrons. The van der Waals surface area contributed by atoms with E-state index in [0.717, 1.165) is 70.6 Å². The summed E-state index contributed by atoms with van der Waals surface area (Å²) >= 11 is 0. The van der Waals surface area contributed by atoms with Crippen molar-refractivity contribution in [3.63, 3.8) is 0 Å². The number of amides is 1. The summed E-state index contributed by atoms with van der Waals surface area (Å²) < 4.78 is 34.3. The van der Waals surface area contributed by atoms with Crippen molar-refractivity contribution in [3.8, 4) is 0 Å². The molecule has 0 bridgehead atoms. The molecule has 19 heteroatoms. The molecule has 77 heavy (non-hydrogen) atoms. The van der Waals surface area contributed by atoms with Crippen molar-refractivity contribution in [3.05, 3.63) is 12.2 Å². The number of carbonyl (C=O) groups excluding carboxylic acids is 1. The van der Waals surface area contributed by atoms with Gasteiger partial charge in [-0.05, 0) is 32.1 Å². The van der Waals surface area contributed by atoms with Crippen LogP contribution in [0.15, 0.2) is 12.2 Å². The molecule has 0 radical (unpaired) electrons. The Balaban J connectivity index is 1.45. The fourth-order valence-electron chi connectivity index (χ4n) is 10.6. The van der Waals surface area contributed by atoms with Gasteiger partial charge in [-0.2, -0.15) is 0 Å². The highest BCUT2D eigenvalue weighted by Gasteiger charge is 2.53. The van der Waals surface area contributed by atoms with Crippen LogP contribution in [-0.2, 0) is 33.2 Å². The van der Waals surface area contributed by atoms with Gasteiger partial charge < -0.3 is 89.9 Å². The second-order valence-corrected chi connectivity index (χ2v) is 22.2. The van der Waals surface area contributed by atoms with Crippen LogP contribution >= 0.6 is 0 Å². The molecule has 0 aliphatic carbocycles. The maximum absolute atomic E-state index is 13.3. The molecular formula is C58H109NO18. The lowest BCUT2D eigenvalue weighted by molar-refractivity contribution is -0.379. The predicted octanol–water partition coefficient (Wildman–Crippen LogP) is 5.38. The number of hydrogen-bond acceptors (Lipinski definition) is 18. The average Bonchev–Trinajstić information content (AvgIpc) is 3.43. The molecule has 17 unspecified atom stereocenters. The summed E-state index contributed by atoms with van der Waals surface area (Å²) in [6.07, 6.45) is 14.6. The predicted molar refractivity (Wildman–Crippen MR) is 291 cm³/mol. The second kappa shape index (κ2) is 42.4. The molecule has 3 heterocycles. The van der Waals surface area contributed by atoms with E-state index < -0.39 is 124 Å². The smallest absolute Gasteiger partial charge is 0.220 e. The molecule has 3 fully saturated rings. The average molecular weight is 1110 g/mol. The number of nitrogens with one attached hydrogen (secondary N) is 1. The van der Waals surface area contributed by atoms with Gasteiger partial charge in [0.15, 0.2) is 18.9 Å². The maximum Gasteiger partial charge on any atom is 0.220 e. The van der Waals surface area contributed by atoms with Gasteiger partial charge in [0, 0.05) is 6.42 Å². The van der Waals surface area contributed by atoms with Crippen LogP contribution < -0.4 is 5.32 Å². The Morgan fingerprint density at radius 2 is 0.844 bits per heavy atom. The maximum atomic E-state index is 13.3. The minimum atomic E-state index is -1.97. The first-order valence-electron chi connectivity index (χ1n) is 30.4. The Kier molecular flexibility index (Phi) is 38.4. The number of ether oxygens (including phenoxy) is 6. The highest BCUT2D eigenvalue weighted by Crippen LogP contribution is 2.33. The molecule has 17 atom stereocenters. The van der Waals surface area contributed by atoms with Gasteiger partial charge in [0.25, 0.3) is 0 Å². The van der Waals surface area contributed by atoms with Crippen LogP contribution in [0.3, 0.4) is 0 Å². The van der Waals surface area contributed by atoms with E-state index >= 15 is 0 Å². The lowest BCUT2D eigenvalue weighted by atomic mass is 9.96. The molecule has 3 aliphatic rings. The lowest BCUT2D eigenvalue weighted by Crippen LogP contribution is -2.66. The molecule has 0 aromatic rings. The van der Waals surface area contributed by atoms with E-state index in [4.69, 9.17) is 28.4 Å². The Labute approximate surface area is 461 Å². The number of aliphatic hydroxyl groups is 11. The van der Waals surface area contributed by atoms with Gasteiger partial charge in [-0.25, -0.2) is 0 Å². The molecule has 0 spiro atoms. The number of hydrogen-bond donors (Lipinski definition) is 12. The standard InChI is InChI=1S/C58H109NO18/c1-3-5-7-9-11-13-15-16-17-18-19-20-21-22-23-24-25-26-27-29-31-33-35-42(63)41(59-46(64)36-34-32-30-28-14-12-10-8-6-4-2)40-72-56-52(70)49(67)54(44(38-61)74-56)77-58-53(71)50(68)55(45(39-62)75-58)76-57-51(69)48(66)47(65)43(37-60)73-57/h8,10,41-45,47-58,60-63,65-71H,3-7,9,11-40H2,1-2H3,(H,59,64)/b10-8-. The second-order valence-electron chi connectivity index (χ2n) is 22.2. The zero-order chi connectivity index (χ0) is 56.2. The summed E-state index contributed by atoms with van der Waals surface area (Å²) in [6, 6.07) is -0.886. The molecule has 3 aliphatic heterocycles. The third-order valence-electron chi connectivity index (χ3n) is 15.6. The number of allylic oxidation sites excluding steroid dienone is 2. The van der Waals surface area contributed by atoms with E-state index in [1.165, 1.54) is 116 Å². The summed E-state index contributed by atoms with van der Waals surface area (Å²) in [7, 11) is 0. The van der Waals surface area contributed by atoms with Gasteiger partial charge in [0.2, 0.25) is 5.91 Å². The largest absolute Gasteiger partial charge is 0.394 e. The van der Waals surface area contributed by atoms with Crippen LogP contribution in [0.4, 0.5) is 0 Å². The van der Waals surface area contributed by atoms with Crippen molar-refractivity contribution in [1.82, 2.24) is 5.32 Å². The SMILES string of the molecule is CCC/C=C\CCCCCCCC(=O)NC(COC1OC(CO)C(OC2OC(CO)C(OC3OC(CO)C(O)C(O)C3O)C(O)C2O)C(O)C1O)C(O)CCCCCCCCCCCCCCCCCCCCCCCC. The van der Waals surface area contributed by atoms with E-state index in [2.05, 4.69) is 31.3 Å². The number of unbranched alkanes of at least 4 members (excludes halogenated alkanes) is 27. The van der Waals surface area contributed by atoms with Gasteiger partial charge in [-0.3, -0.25) is 4.79 Å². The minimum Gasteiger partial charge on any atom is -0.394 e. The molecule has 1 amide bonds. The number of aliphatic hydroxyl groups excluding tert-OH is 11. The van der Waals surface area contributed by atoms with Crippen molar-refractivity contribution >= 4 is 5.91 Å². The van der Waals surface area contributed by atoms with Crippen molar-refractivity contribution in [2.45, 2.75) is 324 Å². The monoisotopic (exact) mass is 1110 g/mol. The van der Waals surface area contributed by atoms with Crippen molar-refractivity contribution in [2.24, 2.45) is 0 Å². The first-order chi connectivity index (χ1) is 37.3. The topological polar surface area (TPSA) is 307 Å². The highest BCUT2D eigenvalue weighted by molar-refractivity contribution is 5.76. The normalized spacial score (nSPS) is 30.7. The molecule has 3 rings (SSSR count). The highest BCUT2D eigenvalue weighted by atomic mass is 16.8. The van der Waals surface area contributed by atoms with Crippen molar-refractivity contribution < 1.29 is 89.4 Å². The van der Waals surface area contributed by atoms with Crippen LogP contribution in [0.2, 0.25) is 0 Å². The zero-order valence-electron chi connectivity index (χ0n) is 47.2. The van der Waals surface area contributed by atoms with E-state index in [9.17, 15) is 61.0 Å². The van der Waals surface area contributed by atoms with E-state index in [1.807, 2.05) is 0 Å². The van der Waals surface area contributed by atoms with Crippen molar-refractivity contribution in [1.29, 1.82) is 0 Å². The molecular weight excluding hydrogens is 999 g/mol. The van der Waals surface area contributed by atoms with Crippen LogP contribution in [-0.4, -0.2) is 193 Å². The Bertz CT molecular complexity index is 1460. The van der Waals surface area contributed by atoms with Crippen molar-refractivity contribution in [2.75, 3.05) is 26.4 Å². The van der Waals surface area contributed by atoms with Gasteiger partial charge in [-0.1, -0.05) is 193 Å². The van der Waals surface area contributed by atoms with Gasteiger partial charge >= 0.3 is 0 Å². The van der Waals surface area contributed by atoms with Crippen LogP contribution in [0.25, 0.3) is 0 Å². The molecule has 0 aromatic heterocycles. The zero-order valence-corrected chi connectivity index (χ0v) is 47.2. The Morgan fingerprint density at radius 1 is 0.455 bits per heavy atom. The summed E-state index contributed by atoms with van der Waals surface area (Å²) in [5.41, 5.74) is 0. The summed E-state index contributed by atoms with van der Waals surface area (Å²) in [5, 5.41) is 120. The number of carbonyl (C=O) groups is 1. The van der Waals surface area contributed by atoms with Crippen LogP contribution in [0.1, 0.15) is 219 Å². The summed E-state index contributed by atoms with van der Waals surface area (Å²) in [6.45, 7) is 1.72. The minimum absolute atomic E-state index is 0.253. The molecule has 3 saturated heterocycles. The van der Waals surface area contributed by atoms with Crippen LogP contribution in [0.5, 0.6) is 0 Å². The third-order valence-corrected chi connectivity index (χ3v) is 15.6. The molecule has 0 aromatic carbocycles.